The van der Waals surface area contributed by atoms with E-state index in [0.29, 0.717) is 52.5 Å². The van der Waals surface area contributed by atoms with E-state index in [4.69, 9.17) is 4.74 Å². The third-order valence-electron chi connectivity index (χ3n) is 7.50. The molecule has 14 heteroatoms. The van der Waals surface area contributed by atoms with Crippen molar-refractivity contribution in [2.75, 3.05) is 72.1 Å². The molecule has 3 aliphatic heterocycles. The molecule has 0 amide bonds. The molecule has 0 N–H and O–H groups in total. The average molecular weight is 693 g/mol. The van der Waals surface area contributed by atoms with Gasteiger partial charge in [0.15, 0.2) is 0 Å². The summed E-state index contributed by atoms with van der Waals surface area (Å²) in [6.07, 6.45) is 4.31. The summed E-state index contributed by atoms with van der Waals surface area (Å²) >= 11 is 0. The fraction of sp³-hybridized carbons (Fsp3) is 1.00. The van der Waals surface area contributed by atoms with E-state index >= 15 is 0 Å². The smallest absolute Gasteiger partial charge is 0.219 e. The molecule has 3 saturated heterocycles. The quantitative estimate of drug-likeness (QED) is 0.414. The van der Waals surface area contributed by atoms with E-state index in [9.17, 15) is 25.3 Å². The summed E-state index contributed by atoms with van der Waals surface area (Å²) in [6.45, 7) is 25.4. The van der Waals surface area contributed by atoms with E-state index in [-0.39, 0.29) is 14.9 Å². The summed E-state index contributed by atoms with van der Waals surface area (Å²) in [5, 5.41) is 0. The Bertz CT molecular complexity index is 1060. The second kappa shape index (κ2) is 18.3. The maximum atomic E-state index is 12.2. The highest BCUT2D eigenvalue weighted by Gasteiger charge is 2.38. The summed E-state index contributed by atoms with van der Waals surface area (Å²) < 4.78 is 79.8. The van der Waals surface area contributed by atoms with Crippen LogP contribution in [0.15, 0.2) is 0 Å². The van der Waals surface area contributed by atoms with Crippen LogP contribution in [0.4, 0.5) is 0 Å². The van der Waals surface area contributed by atoms with E-state index in [0.717, 1.165) is 45.3 Å². The fourth-order valence-corrected chi connectivity index (χ4v) is 8.90. The van der Waals surface area contributed by atoms with E-state index in [1.165, 1.54) is 4.31 Å². The molecule has 11 nitrogen and oxygen atoms in total. The molecule has 0 bridgehead atoms. The summed E-state index contributed by atoms with van der Waals surface area (Å²) in [5.41, 5.74) is 0. The van der Waals surface area contributed by atoms with Gasteiger partial charge in [0.1, 0.15) is 0 Å². The van der Waals surface area contributed by atoms with Crippen LogP contribution in [0.5, 0.6) is 0 Å². The molecular formula is C30H68N4O7S3. The van der Waals surface area contributed by atoms with Crippen molar-refractivity contribution in [1.29, 1.82) is 0 Å². The zero-order valence-corrected chi connectivity index (χ0v) is 30.4. The second-order valence-corrected chi connectivity index (χ2v) is 22.1. The highest BCUT2D eigenvalue weighted by atomic mass is 32.2. The van der Waals surface area contributed by atoms with Gasteiger partial charge in [-0.15, -0.1) is 0 Å². The summed E-state index contributed by atoms with van der Waals surface area (Å²) in [7, 11) is -9.34. The second-order valence-electron chi connectivity index (χ2n) is 14.1. The van der Waals surface area contributed by atoms with Crippen LogP contribution >= 0.6 is 0 Å². The van der Waals surface area contributed by atoms with Gasteiger partial charge >= 0.3 is 0 Å². The molecule has 3 rings (SSSR count). The van der Waals surface area contributed by atoms with Crippen LogP contribution in [-0.2, 0) is 34.8 Å². The number of nitrogens with zero attached hydrogens (tertiary/aromatic N) is 4. The Labute approximate surface area is 273 Å². The molecule has 0 aliphatic carbocycles. The number of morpholine rings is 1. The van der Waals surface area contributed by atoms with Gasteiger partial charge in [-0.05, 0) is 88.1 Å². The first-order chi connectivity index (χ1) is 19.0. The van der Waals surface area contributed by atoms with Crippen molar-refractivity contribution in [1.82, 2.24) is 17.8 Å². The standard InChI is InChI=1S/C11H24N2O2S.C9H19NO2S.C8H17NO3S.2CH4/c1-5-6-12-7-9-13(10-8-12)16(14,15)11(2,3)4;1-9(2,3)13(11,12)10-7-5-4-6-8-10;1-8(2,3)13(10,11)9-4-6-12-7-5-9;;/h5-10H2,1-4H3;4-8H2,1-3H3;4-7H2,1-3H3;2*1H4. The van der Waals surface area contributed by atoms with Gasteiger partial charge in [0.2, 0.25) is 30.1 Å². The minimum absolute atomic E-state index is 0. The zero-order valence-electron chi connectivity index (χ0n) is 28.0. The molecule has 0 unspecified atom stereocenters. The lowest BCUT2D eigenvalue weighted by Crippen LogP contribution is -2.52. The van der Waals surface area contributed by atoms with Crippen molar-refractivity contribution in [2.45, 2.75) is 124 Å². The highest BCUT2D eigenvalue weighted by Crippen LogP contribution is 2.24. The molecule has 44 heavy (non-hydrogen) atoms. The number of piperidine rings is 1. The van der Waals surface area contributed by atoms with Gasteiger partial charge in [0, 0.05) is 52.4 Å². The Balaban J connectivity index is 0. The maximum absolute atomic E-state index is 12.2. The number of sulfonamides is 3. The third kappa shape index (κ3) is 12.7. The third-order valence-corrected chi connectivity index (χ3v) is 15.3. The summed E-state index contributed by atoms with van der Waals surface area (Å²) in [6, 6.07) is 0. The maximum Gasteiger partial charge on any atom is 0.219 e. The monoisotopic (exact) mass is 692 g/mol. The van der Waals surface area contributed by atoms with Gasteiger partial charge in [0.05, 0.1) is 27.5 Å². The molecule has 0 spiro atoms. The van der Waals surface area contributed by atoms with Gasteiger partial charge in [-0.3, -0.25) is 0 Å². The summed E-state index contributed by atoms with van der Waals surface area (Å²) in [4.78, 5) is 2.33. The molecular weight excluding hydrogens is 625 g/mol. The van der Waals surface area contributed by atoms with Crippen LogP contribution < -0.4 is 0 Å². The predicted octanol–water partition coefficient (Wildman–Crippen LogP) is 4.46. The molecule has 0 aromatic carbocycles. The fourth-order valence-electron chi connectivity index (χ4n) is 4.56. The minimum Gasteiger partial charge on any atom is -0.379 e. The van der Waals surface area contributed by atoms with Gasteiger partial charge in [-0.25, -0.2) is 29.6 Å². The SMILES string of the molecule is C.C.CC(C)(C)S(=O)(=O)N1CCCCC1.CC(C)(C)S(=O)(=O)N1CCOCC1.CCCN1CCN(S(=O)(=O)C(C)(C)C)CC1. The van der Waals surface area contributed by atoms with Crippen molar-refractivity contribution in [3.63, 3.8) is 0 Å². The van der Waals surface area contributed by atoms with Gasteiger partial charge < -0.3 is 9.64 Å². The lowest BCUT2D eigenvalue weighted by Gasteiger charge is -2.37. The summed E-state index contributed by atoms with van der Waals surface area (Å²) in [5.74, 6) is 0. The number of rotatable bonds is 5. The van der Waals surface area contributed by atoms with E-state index in [1.54, 1.807) is 70.9 Å². The Morgan fingerprint density at radius 2 is 0.818 bits per heavy atom. The van der Waals surface area contributed by atoms with Crippen LogP contribution in [-0.4, -0.2) is 129 Å². The van der Waals surface area contributed by atoms with E-state index in [1.807, 2.05) is 0 Å². The molecule has 0 atom stereocenters. The number of ether oxygens (including phenoxy) is 1. The Hall–Kier alpha value is -0.350. The normalized spacial score (nSPS) is 20.6. The van der Waals surface area contributed by atoms with Crippen LogP contribution in [0.3, 0.4) is 0 Å². The van der Waals surface area contributed by atoms with Crippen molar-refractivity contribution in [3.8, 4) is 0 Å². The lowest BCUT2D eigenvalue weighted by atomic mass is 10.2. The minimum atomic E-state index is -3.15. The topological polar surface area (TPSA) is 125 Å². The van der Waals surface area contributed by atoms with Crippen LogP contribution in [0.1, 0.15) is 110 Å². The highest BCUT2D eigenvalue weighted by molar-refractivity contribution is 7.91. The molecule has 3 heterocycles. The van der Waals surface area contributed by atoms with Gasteiger partial charge in [-0.1, -0.05) is 28.2 Å². The first kappa shape index (κ1) is 45.8. The molecule has 268 valence electrons. The van der Waals surface area contributed by atoms with Gasteiger partial charge in [0.25, 0.3) is 0 Å². The number of hydrogen-bond donors (Lipinski definition) is 0. The molecule has 0 saturated carbocycles. The molecule has 0 radical (unpaired) electrons. The molecule has 0 aromatic heterocycles. The predicted molar refractivity (Wildman–Crippen MR) is 186 cm³/mol. The Morgan fingerprint density at radius 1 is 0.500 bits per heavy atom. The average Bonchev–Trinajstić information content (AvgIpc) is 2.89. The van der Waals surface area contributed by atoms with Crippen molar-refractivity contribution in [3.05, 3.63) is 0 Å². The van der Waals surface area contributed by atoms with E-state index in [2.05, 4.69) is 11.8 Å². The lowest BCUT2D eigenvalue weighted by molar-refractivity contribution is 0.0721. The Morgan fingerprint density at radius 3 is 1.14 bits per heavy atom. The number of hydrogen-bond acceptors (Lipinski definition) is 8. The van der Waals surface area contributed by atoms with Crippen LogP contribution in [0.25, 0.3) is 0 Å². The number of piperazine rings is 1. The largest absolute Gasteiger partial charge is 0.379 e. The molecule has 0 aromatic rings. The van der Waals surface area contributed by atoms with Crippen LogP contribution in [0.2, 0.25) is 0 Å². The van der Waals surface area contributed by atoms with Gasteiger partial charge in [-0.2, -0.15) is 8.61 Å². The molecule has 3 aliphatic rings. The Kier molecular flexibility index (Phi) is 19.0. The van der Waals surface area contributed by atoms with Crippen molar-refractivity contribution >= 4 is 30.1 Å². The first-order valence-corrected chi connectivity index (χ1v) is 19.6. The van der Waals surface area contributed by atoms with Crippen molar-refractivity contribution in [2.24, 2.45) is 0 Å². The molecule has 3 fully saturated rings. The van der Waals surface area contributed by atoms with Crippen LogP contribution in [0, 0.1) is 0 Å². The zero-order chi connectivity index (χ0) is 32.6. The first-order valence-electron chi connectivity index (χ1n) is 15.3. The van der Waals surface area contributed by atoms with Crippen molar-refractivity contribution < 1.29 is 30.0 Å². The van der Waals surface area contributed by atoms with E-state index < -0.39 is 44.3 Å².